The molecular formula is C19H23ClN3O2+. The highest BCUT2D eigenvalue weighted by Crippen LogP contribution is 2.18. The number of carbonyl (C=O) groups is 2. The summed E-state index contributed by atoms with van der Waals surface area (Å²) in [4.78, 5) is 25.1. The summed E-state index contributed by atoms with van der Waals surface area (Å²) < 4.78 is 0. The Kier molecular flexibility index (Phi) is 6.56. The third-order valence-electron chi connectivity index (χ3n) is 3.80. The van der Waals surface area contributed by atoms with Gasteiger partial charge in [0.25, 0.3) is 11.8 Å². The molecule has 25 heavy (non-hydrogen) atoms. The van der Waals surface area contributed by atoms with E-state index in [0.29, 0.717) is 10.7 Å². The summed E-state index contributed by atoms with van der Waals surface area (Å²) in [5.41, 5.74) is 3.56. The number of carbonyl (C=O) groups excluding carboxylic acids is 2. The van der Waals surface area contributed by atoms with Crippen LogP contribution in [0.4, 0.5) is 11.4 Å². The van der Waals surface area contributed by atoms with Crippen molar-refractivity contribution in [3.63, 3.8) is 0 Å². The van der Waals surface area contributed by atoms with Crippen molar-refractivity contribution in [2.75, 3.05) is 30.8 Å². The highest BCUT2D eigenvalue weighted by Gasteiger charge is 2.15. The minimum Gasteiger partial charge on any atom is -0.322 e. The first-order valence-corrected chi connectivity index (χ1v) is 8.45. The average Bonchev–Trinajstić information content (AvgIpc) is 2.53. The van der Waals surface area contributed by atoms with Gasteiger partial charge in [0.05, 0.1) is 7.05 Å². The molecule has 132 valence electrons. The summed E-state index contributed by atoms with van der Waals surface area (Å²) in [6.45, 7) is 4.32. The van der Waals surface area contributed by atoms with Gasteiger partial charge < -0.3 is 15.5 Å². The van der Waals surface area contributed by atoms with E-state index < -0.39 is 0 Å². The lowest BCUT2D eigenvalue weighted by atomic mass is 10.1. The Hall–Kier alpha value is -2.37. The fourth-order valence-electron chi connectivity index (χ4n) is 2.54. The third kappa shape index (κ3) is 5.89. The van der Waals surface area contributed by atoms with Gasteiger partial charge in [-0.1, -0.05) is 29.8 Å². The van der Waals surface area contributed by atoms with Crippen LogP contribution in [-0.2, 0) is 9.59 Å². The first-order chi connectivity index (χ1) is 11.8. The molecule has 3 N–H and O–H groups in total. The maximum Gasteiger partial charge on any atom is 0.279 e. The number of para-hydroxylation sites is 1. The van der Waals surface area contributed by atoms with Gasteiger partial charge in [0.1, 0.15) is 0 Å². The highest BCUT2D eigenvalue weighted by atomic mass is 35.5. The van der Waals surface area contributed by atoms with Crippen LogP contribution in [0.5, 0.6) is 0 Å². The number of hydrogen-bond acceptors (Lipinski definition) is 2. The van der Waals surface area contributed by atoms with Crippen LogP contribution in [0.3, 0.4) is 0 Å². The second-order valence-electron chi connectivity index (χ2n) is 6.18. The molecule has 0 aromatic heterocycles. The van der Waals surface area contributed by atoms with Crippen molar-refractivity contribution >= 4 is 34.8 Å². The molecule has 5 nitrogen and oxygen atoms in total. The monoisotopic (exact) mass is 360 g/mol. The molecule has 0 aliphatic rings. The van der Waals surface area contributed by atoms with Gasteiger partial charge in [-0.2, -0.15) is 0 Å². The van der Waals surface area contributed by atoms with Crippen molar-refractivity contribution in [1.29, 1.82) is 0 Å². The molecule has 0 spiro atoms. The molecular weight excluding hydrogens is 338 g/mol. The van der Waals surface area contributed by atoms with Gasteiger partial charge in [0, 0.05) is 16.4 Å². The van der Waals surface area contributed by atoms with E-state index in [1.165, 1.54) is 0 Å². The smallest absolute Gasteiger partial charge is 0.279 e. The summed E-state index contributed by atoms with van der Waals surface area (Å²) in [7, 11) is 1.81. The van der Waals surface area contributed by atoms with Crippen LogP contribution in [0.2, 0.25) is 5.02 Å². The van der Waals surface area contributed by atoms with E-state index in [9.17, 15) is 9.59 Å². The number of amides is 2. The number of benzene rings is 2. The summed E-state index contributed by atoms with van der Waals surface area (Å²) in [6, 6.07) is 12.8. The number of hydrogen-bond donors (Lipinski definition) is 3. The summed E-state index contributed by atoms with van der Waals surface area (Å²) in [5.74, 6) is -0.270. The molecule has 0 heterocycles. The molecule has 6 heteroatoms. The molecule has 0 aliphatic heterocycles. The Labute approximate surface area is 153 Å². The molecule has 1 unspecified atom stereocenters. The van der Waals surface area contributed by atoms with E-state index in [1.807, 2.05) is 39.1 Å². The van der Waals surface area contributed by atoms with Gasteiger partial charge >= 0.3 is 0 Å². The van der Waals surface area contributed by atoms with Crippen molar-refractivity contribution in [1.82, 2.24) is 0 Å². The summed E-state index contributed by atoms with van der Waals surface area (Å²) >= 11 is 5.82. The normalized spacial score (nSPS) is 11.7. The van der Waals surface area contributed by atoms with Gasteiger partial charge in [0.2, 0.25) is 0 Å². The number of halogens is 1. The molecule has 0 saturated carbocycles. The van der Waals surface area contributed by atoms with E-state index in [2.05, 4.69) is 10.6 Å². The fraction of sp³-hybridized carbons (Fsp3) is 0.263. The molecule has 0 aliphatic carbocycles. The van der Waals surface area contributed by atoms with Gasteiger partial charge in [-0.05, 0) is 49.2 Å². The zero-order chi connectivity index (χ0) is 18.4. The molecule has 0 radical (unpaired) electrons. The maximum atomic E-state index is 12.2. The predicted molar refractivity (Wildman–Crippen MR) is 101 cm³/mol. The zero-order valence-corrected chi connectivity index (χ0v) is 15.4. The zero-order valence-electron chi connectivity index (χ0n) is 14.7. The summed E-state index contributed by atoms with van der Waals surface area (Å²) in [6.07, 6.45) is 0. The Morgan fingerprint density at radius 2 is 1.44 bits per heavy atom. The number of nitrogens with one attached hydrogen (secondary N) is 3. The van der Waals surface area contributed by atoms with Crippen LogP contribution in [0.1, 0.15) is 11.1 Å². The maximum absolute atomic E-state index is 12.2. The molecule has 1 atom stereocenters. The highest BCUT2D eigenvalue weighted by molar-refractivity contribution is 6.30. The van der Waals surface area contributed by atoms with Gasteiger partial charge in [-0.25, -0.2) is 0 Å². The second-order valence-corrected chi connectivity index (χ2v) is 6.62. The van der Waals surface area contributed by atoms with Crippen molar-refractivity contribution in [2.45, 2.75) is 13.8 Å². The van der Waals surface area contributed by atoms with Crippen molar-refractivity contribution in [3.8, 4) is 0 Å². The molecule has 2 amide bonds. The first kappa shape index (κ1) is 19.0. The van der Waals surface area contributed by atoms with Crippen LogP contribution in [0.15, 0.2) is 42.5 Å². The Morgan fingerprint density at radius 1 is 0.920 bits per heavy atom. The van der Waals surface area contributed by atoms with Gasteiger partial charge in [0.15, 0.2) is 13.1 Å². The third-order valence-corrected chi connectivity index (χ3v) is 4.05. The number of anilines is 2. The molecule has 2 aromatic rings. The standard InChI is InChI=1S/C19H22ClN3O2/c1-13-5-4-6-14(2)19(13)22-18(25)12-23(3)11-17(24)21-16-9-7-15(20)8-10-16/h4-10H,11-12H2,1-3H3,(H,21,24)(H,22,25)/p+1. The van der Waals surface area contributed by atoms with E-state index in [-0.39, 0.29) is 24.9 Å². The molecule has 0 bridgehead atoms. The fourth-order valence-corrected chi connectivity index (χ4v) is 2.67. The van der Waals surface area contributed by atoms with Crippen LogP contribution >= 0.6 is 11.6 Å². The van der Waals surface area contributed by atoms with Crippen LogP contribution in [0.25, 0.3) is 0 Å². The second kappa shape index (κ2) is 8.65. The lowest BCUT2D eigenvalue weighted by Crippen LogP contribution is -3.11. The molecule has 2 rings (SSSR count). The number of quaternary nitrogens is 1. The summed E-state index contributed by atoms with van der Waals surface area (Å²) in [5, 5.41) is 6.34. The first-order valence-electron chi connectivity index (χ1n) is 8.08. The van der Waals surface area contributed by atoms with E-state index in [0.717, 1.165) is 21.7 Å². The average molecular weight is 361 g/mol. The number of rotatable bonds is 6. The van der Waals surface area contributed by atoms with Crippen LogP contribution in [-0.4, -0.2) is 32.0 Å². The molecule has 0 saturated heterocycles. The largest absolute Gasteiger partial charge is 0.322 e. The quantitative estimate of drug-likeness (QED) is 0.738. The van der Waals surface area contributed by atoms with Crippen LogP contribution < -0.4 is 15.5 Å². The van der Waals surface area contributed by atoms with Crippen LogP contribution in [0, 0.1) is 13.8 Å². The SMILES string of the molecule is Cc1cccc(C)c1NC(=O)C[NH+](C)CC(=O)Nc1ccc(Cl)cc1. The van der Waals surface area contributed by atoms with Gasteiger partial charge in [-0.3, -0.25) is 9.59 Å². The van der Waals surface area contributed by atoms with E-state index in [4.69, 9.17) is 11.6 Å². The van der Waals surface area contributed by atoms with Gasteiger partial charge in [-0.15, -0.1) is 0 Å². The molecule has 2 aromatic carbocycles. The number of likely N-dealkylation sites (N-methyl/N-ethyl adjacent to an activating group) is 1. The topological polar surface area (TPSA) is 62.6 Å². The Morgan fingerprint density at radius 3 is 2.00 bits per heavy atom. The van der Waals surface area contributed by atoms with Crippen molar-refractivity contribution < 1.29 is 14.5 Å². The number of aryl methyl sites for hydroxylation is 2. The minimum absolute atomic E-state index is 0.116. The van der Waals surface area contributed by atoms with E-state index >= 15 is 0 Å². The lowest BCUT2D eigenvalue weighted by Gasteiger charge is -2.15. The molecule has 0 fully saturated rings. The predicted octanol–water partition coefficient (Wildman–Crippen LogP) is 2.05. The van der Waals surface area contributed by atoms with Crippen molar-refractivity contribution in [3.05, 3.63) is 58.6 Å². The van der Waals surface area contributed by atoms with E-state index in [1.54, 1.807) is 24.3 Å². The Balaban J connectivity index is 1.84. The minimum atomic E-state index is -0.153. The Bertz CT molecular complexity index is 740. The lowest BCUT2D eigenvalue weighted by molar-refractivity contribution is -0.862. The van der Waals surface area contributed by atoms with Crippen molar-refractivity contribution in [2.24, 2.45) is 0 Å².